The lowest BCUT2D eigenvalue weighted by Crippen LogP contribution is -2.39. The fraction of sp³-hybridized carbons (Fsp3) is 0.538. The van der Waals surface area contributed by atoms with Crippen molar-refractivity contribution < 1.29 is 0 Å². The fourth-order valence-electron chi connectivity index (χ4n) is 1.45. The van der Waals surface area contributed by atoms with E-state index in [-0.39, 0.29) is 5.54 Å². The first-order valence-electron chi connectivity index (χ1n) is 5.51. The molecular weight excluding hydrogens is 184 g/mol. The van der Waals surface area contributed by atoms with E-state index in [0.717, 1.165) is 18.7 Å². The van der Waals surface area contributed by atoms with E-state index in [1.807, 2.05) is 18.2 Å². The highest BCUT2D eigenvalue weighted by molar-refractivity contribution is 5.40. The van der Waals surface area contributed by atoms with Crippen molar-refractivity contribution in [3.05, 3.63) is 29.8 Å². The van der Waals surface area contributed by atoms with E-state index < -0.39 is 0 Å². The van der Waals surface area contributed by atoms with Crippen LogP contribution in [0.2, 0.25) is 0 Å². The van der Waals surface area contributed by atoms with E-state index in [1.54, 1.807) is 0 Å². The first kappa shape index (κ1) is 12.1. The molecule has 1 aromatic rings. The van der Waals surface area contributed by atoms with Gasteiger partial charge in [0.05, 0.1) is 0 Å². The van der Waals surface area contributed by atoms with Crippen LogP contribution in [0.5, 0.6) is 0 Å². The molecule has 0 saturated heterocycles. The van der Waals surface area contributed by atoms with Gasteiger partial charge in [0.1, 0.15) is 0 Å². The summed E-state index contributed by atoms with van der Waals surface area (Å²) in [4.78, 5) is 2.36. The van der Waals surface area contributed by atoms with Gasteiger partial charge in [0.15, 0.2) is 0 Å². The summed E-state index contributed by atoms with van der Waals surface area (Å²) >= 11 is 0. The average Bonchev–Trinajstić information content (AvgIpc) is 2.17. The molecule has 1 aromatic carbocycles. The summed E-state index contributed by atoms with van der Waals surface area (Å²) in [7, 11) is 2.16. The normalized spacial score (nSPS) is 12.1. The molecule has 0 fully saturated rings. The van der Waals surface area contributed by atoms with Gasteiger partial charge < -0.3 is 5.73 Å². The minimum absolute atomic E-state index is 0.241. The number of rotatable bonds is 4. The topological polar surface area (TPSA) is 29.3 Å². The van der Waals surface area contributed by atoms with Crippen LogP contribution in [0.3, 0.4) is 0 Å². The zero-order chi connectivity index (χ0) is 11.5. The molecule has 0 unspecified atom stereocenters. The van der Waals surface area contributed by atoms with E-state index in [0.29, 0.717) is 0 Å². The van der Waals surface area contributed by atoms with Crippen molar-refractivity contribution in [2.45, 2.75) is 39.3 Å². The van der Waals surface area contributed by atoms with Crippen molar-refractivity contribution in [2.75, 3.05) is 12.8 Å². The van der Waals surface area contributed by atoms with Crippen molar-refractivity contribution in [1.29, 1.82) is 0 Å². The number of anilines is 1. The van der Waals surface area contributed by atoms with Crippen LogP contribution in [0.15, 0.2) is 24.3 Å². The maximum Gasteiger partial charge on any atom is 0.0317 e. The quantitative estimate of drug-likeness (QED) is 0.767. The van der Waals surface area contributed by atoms with Crippen molar-refractivity contribution in [3.63, 3.8) is 0 Å². The Labute approximate surface area is 93.1 Å². The van der Waals surface area contributed by atoms with Gasteiger partial charge in [-0.15, -0.1) is 0 Å². The molecule has 2 N–H and O–H groups in total. The van der Waals surface area contributed by atoms with Crippen LogP contribution in [0.1, 0.15) is 32.8 Å². The third-order valence-corrected chi connectivity index (χ3v) is 3.27. The van der Waals surface area contributed by atoms with Crippen LogP contribution in [-0.2, 0) is 6.54 Å². The molecule has 0 aromatic heterocycles. The second-order valence-corrected chi connectivity index (χ2v) is 4.77. The molecule has 84 valence electrons. The summed E-state index contributed by atoms with van der Waals surface area (Å²) in [6, 6.07) is 8.10. The van der Waals surface area contributed by atoms with Crippen LogP contribution < -0.4 is 5.73 Å². The second kappa shape index (κ2) is 4.67. The minimum atomic E-state index is 0.241. The molecule has 0 aliphatic carbocycles. The van der Waals surface area contributed by atoms with Gasteiger partial charge in [-0.25, -0.2) is 0 Å². The Morgan fingerprint density at radius 3 is 2.53 bits per heavy atom. The smallest absolute Gasteiger partial charge is 0.0317 e. The predicted molar refractivity (Wildman–Crippen MR) is 66.7 cm³/mol. The van der Waals surface area contributed by atoms with Crippen molar-refractivity contribution >= 4 is 5.69 Å². The molecule has 0 spiro atoms. The third-order valence-electron chi connectivity index (χ3n) is 3.27. The lowest BCUT2D eigenvalue weighted by atomic mass is 9.99. The molecular formula is C13H22N2. The molecule has 15 heavy (non-hydrogen) atoms. The van der Waals surface area contributed by atoms with Crippen molar-refractivity contribution in [3.8, 4) is 0 Å². The van der Waals surface area contributed by atoms with Gasteiger partial charge in [-0.05, 0) is 45.0 Å². The van der Waals surface area contributed by atoms with E-state index in [9.17, 15) is 0 Å². The maximum absolute atomic E-state index is 5.76. The number of nitrogens with two attached hydrogens (primary N) is 1. The molecule has 0 bridgehead atoms. The number of hydrogen-bond donors (Lipinski definition) is 1. The average molecular weight is 206 g/mol. The molecule has 0 aliphatic rings. The summed E-state index contributed by atoms with van der Waals surface area (Å²) in [5, 5.41) is 0. The zero-order valence-corrected chi connectivity index (χ0v) is 10.2. The molecule has 0 saturated carbocycles. The van der Waals surface area contributed by atoms with Crippen LogP contribution in [0, 0.1) is 0 Å². The third kappa shape index (κ3) is 3.24. The zero-order valence-electron chi connectivity index (χ0n) is 10.2. The van der Waals surface area contributed by atoms with Gasteiger partial charge in [0.25, 0.3) is 0 Å². The fourth-order valence-corrected chi connectivity index (χ4v) is 1.45. The largest absolute Gasteiger partial charge is 0.399 e. The molecule has 0 aliphatic heterocycles. The highest BCUT2D eigenvalue weighted by Gasteiger charge is 2.20. The standard InChI is InChI=1S/C13H22N2/c1-5-13(2,3)15(4)10-11-7-6-8-12(14)9-11/h6-9H,5,10,14H2,1-4H3. The summed E-state index contributed by atoms with van der Waals surface area (Å²) < 4.78 is 0. The number of hydrogen-bond acceptors (Lipinski definition) is 2. The van der Waals surface area contributed by atoms with Crippen LogP contribution in [0.25, 0.3) is 0 Å². The summed E-state index contributed by atoms with van der Waals surface area (Å²) in [5.41, 5.74) is 8.12. The van der Waals surface area contributed by atoms with Crippen LogP contribution >= 0.6 is 0 Å². The van der Waals surface area contributed by atoms with Gasteiger partial charge in [-0.2, -0.15) is 0 Å². The van der Waals surface area contributed by atoms with E-state index in [4.69, 9.17) is 5.73 Å². The summed E-state index contributed by atoms with van der Waals surface area (Å²) in [5.74, 6) is 0. The Morgan fingerprint density at radius 1 is 1.33 bits per heavy atom. The Balaban J connectivity index is 2.70. The number of benzene rings is 1. The van der Waals surface area contributed by atoms with Gasteiger partial charge in [0.2, 0.25) is 0 Å². The Morgan fingerprint density at radius 2 is 2.00 bits per heavy atom. The van der Waals surface area contributed by atoms with E-state index in [2.05, 4.69) is 38.8 Å². The van der Waals surface area contributed by atoms with Gasteiger partial charge in [-0.1, -0.05) is 19.1 Å². The Hall–Kier alpha value is -1.02. The monoisotopic (exact) mass is 206 g/mol. The molecule has 2 heteroatoms. The first-order valence-corrected chi connectivity index (χ1v) is 5.51. The van der Waals surface area contributed by atoms with E-state index in [1.165, 1.54) is 5.56 Å². The molecule has 0 atom stereocenters. The van der Waals surface area contributed by atoms with Gasteiger partial charge in [0, 0.05) is 17.8 Å². The predicted octanol–water partition coefficient (Wildman–Crippen LogP) is 2.89. The number of nitrogens with zero attached hydrogens (tertiary/aromatic N) is 1. The molecule has 0 heterocycles. The molecule has 0 amide bonds. The Kier molecular flexibility index (Phi) is 3.75. The Bertz CT molecular complexity index is 318. The second-order valence-electron chi connectivity index (χ2n) is 4.77. The summed E-state index contributed by atoms with van der Waals surface area (Å²) in [6.07, 6.45) is 1.14. The van der Waals surface area contributed by atoms with Crippen molar-refractivity contribution in [2.24, 2.45) is 0 Å². The highest BCUT2D eigenvalue weighted by atomic mass is 15.2. The lowest BCUT2D eigenvalue weighted by Gasteiger charge is -2.34. The highest BCUT2D eigenvalue weighted by Crippen LogP contribution is 2.19. The molecule has 2 nitrogen and oxygen atoms in total. The molecule has 0 radical (unpaired) electrons. The SMILES string of the molecule is CCC(C)(C)N(C)Cc1cccc(N)c1. The van der Waals surface area contributed by atoms with Crippen LogP contribution in [0.4, 0.5) is 5.69 Å². The molecule has 1 rings (SSSR count). The van der Waals surface area contributed by atoms with Gasteiger partial charge in [-0.3, -0.25) is 4.90 Å². The van der Waals surface area contributed by atoms with Crippen LogP contribution in [-0.4, -0.2) is 17.5 Å². The lowest BCUT2D eigenvalue weighted by molar-refractivity contribution is 0.143. The first-order chi connectivity index (χ1) is 6.95. The minimum Gasteiger partial charge on any atom is -0.399 e. The number of nitrogen functional groups attached to an aromatic ring is 1. The summed E-state index contributed by atoms with van der Waals surface area (Å²) in [6.45, 7) is 7.69. The van der Waals surface area contributed by atoms with Crippen molar-refractivity contribution in [1.82, 2.24) is 4.90 Å². The maximum atomic E-state index is 5.76. The van der Waals surface area contributed by atoms with Gasteiger partial charge >= 0.3 is 0 Å². The van der Waals surface area contributed by atoms with E-state index >= 15 is 0 Å².